The van der Waals surface area contributed by atoms with Crippen molar-refractivity contribution in [1.82, 2.24) is 9.80 Å². The zero-order valence-electron chi connectivity index (χ0n) is 14.2. The van der Waals surface area contributed by atoms with E-state index in [0.717, 1.165) is 25.1 Å². The summed E-state index contributed by atoms with van der Waals surface area (Å²) >= 11 is 0. The summed E-state index contributed by atoms with van der Waals surface area (Å²) in [6.07, 6.45) is 10.6. The molecule has 3 rings (SSSR count). The zero-order valence-corrected chi connectivity index (χ0v) is 14.2. The van der Waals surface area contributed by atoms with E-state index in [0.29, 0.717) is 0 Å². The summed E-state index contributed by atoms with van der Waals surface area (Å²) < 4.78 is 0. The molecule has 2 aliphatic heterocycles. The second-order valence-electron chi connectivity index (χ2n) is 6.75. The molecule has 0 N–H and O–H groups in total. The largest absolute Gasteiger partial charge is 0.329 e. The van der Waals surface area contributed by atoms with Crippen LogP contribution in [-0.4, -0.2) is 41.4 Å². The first-order valence-corrected chi connectivity index (χ1v) is 9.07. The minimum absolute atomic E-state index is 0.156. The van der Waals surface area contributed by atoms with Crippen molar-refractivity contribution in [2.75, 3.05) is 19.6 Å². The molecule has 1 fully saturated rings. The summed E-state index contributed by atoms with van der Waals surface area (Å²) in [6, 6.07) is 8.52. The maximum atomic E-state index is 12.6. The van der Waals surface area contributed by atoms with Gasteiger partial charge in [-0.2, -0.15) is 0 Å². The van der Waals surface area contributed by atoms with E-state index in [4.69, 9.17) is 0 Å². The molecular formula is C20H28N2O. The Bertz CT molecular complexity index is 541. The van der Waals surface area contributed by atoms with Gasteiger partial charge in [-0.25, -0.2) is 0 Å². The van der Waals surface area contributed by atoms with Gasteiger partial charge in [0.1, 0.15) is 0 Å². The average Bonchev–Trinajstić information content (AvgIpc) is 2.92. The number of nitrogens with zero attached hydrogens (tertiary/aromatic N) is 2. The summed E-state index contributed by atoms with van der Waals surface area (Å²) in [4.78, 5) is 17.1. The van der Waals surface area contributed by atoms with Crippen molar-refractivity contribution in [1.29, 1.82) is 0 Å². The molecule has 1 aromatic rings. The number of hydrogen-bond acceptors (Lipinski definition) is 2. The van der Waals surface area contributed by atoms with E-state index in [1.165, 1.54) is 44.3 Å². The molecule has 2 heterocycles. The van der Waals surface area contributed by atoms with Gasteiger partial charge in [0.2, 0.25) is 0 Å². The minimum atomic E-state index is 0.156. The Morgan fingerprint density at radius 3 is 2.43 bits per heavy atom. The SMILES string of the molecule is CC[C@H]1C=CCN1C(=O)c1ccc(CN2CCCCCC2)cc1. The maximum Gasteiger partial charge on any atom is 0.254 e. The molecule has 0 radical (unpaired) electrons. The van der Waals surface area contributed by atoms with Crippen LogP contribution in [0.25, 0.3) is 0 Å². The molecule has 1 amide bonds. The fourth-order valence-corrected chi connectivity index (χ4v) is 3.63. The van der Waals surface area contributed by atoms with E-state index in [2.05, 4.69) is 36.1 Å². The maximum absolute atomic E-state index is 12.6. The summed E-state index contributed by atoms with van der Waals surface area (Å²) in [7, 11) is 0. The standard InChI is InChI=1S/C20H28N2O/c1-2-19-8-7-15-22(19)20(23)18-11-9-17(10-12-18)16-21-13-5-3-4-6-14-21/h7-12,19H,2-6,13-16H2,1H3/t19-/m0/s1. The van der Waals surface area contributed by atoms with Crippen molar-refractivity contribution in [3.63, 3.8) is 0 Å². The number of amides is 1. The average molecular weight is 312 g/mol. The van der Waals surface area contributed by atoms with Gasteiger partial charge in [0.05, 0.1) is 6.04 Å². The van der Waals surface area contributed by atoms with Crippen molar-refractivity contribution >= 4 is 5.91 Å². The minimum Gasteiger partial charge on any atom is -0.329 e. The van der Waals surface area contributed by atoms with Crippen molar-refractivity contribution < 1.29 is 4.79 Å². The van der Waals surface area contributed by atoms with Gasteiger partial charge < -0.3 is 4.90 Å². The molecule has 0 aliphatic carbocycles. The van der Waals surface area contributed by atoms with Crippen molar-refractivity contribution in [3.8, 4) is 0 Å². The first-order valence-electron chi connectivity index (χ1n) is 9.07. The van der Waals surface area contributed by atoms with Gasteiger partial charge in [0.25, 0.3) is 5.91 Å². The number of benzene rings is 1. The Balaban J connectivity index is 1.61. The third-order valence-corrected chi connectivity index (χ3v) is 5.05. The highest BCUT2D eigenvalue weighted by atomic mass is 16.2. The molecular weight excluding hydrogens is 284 g/mol. The number of carbonyl (C=O) groups excluding carboxylic acids is 1. The molecule has 3 nitrogen and oxygen atoms in total. The van der Waals surface area contributed by atoms with Gasteiger partial charge >= 0.3 is 0 Å². The monoisotopic (exact) mass is 312 g/mol. The van der Waals surface area contributed by atoms with Crippen molar-refractivity contribution in [2.45, 2.75) is 51.6 Å². The molecule has 2 aliphatic rings. The van der Waals surface area contributed by atoms with Gasteiger partial charge in [0, 0.05) is 18.7 Å². The van der Waals surface area contributed by atoms with Crippen molar-refractivity contribution in [2.24, 2.45) is 0 Å². The van der Waals surface area contributed by atoms with Crippen LogP contribution in [0.3, 0.4) is 0 Å². The Labute approximate surface area is 140 Å². The van der Waals surface area contributed by atoms with E-state index < -0.39 is 0 Å². The number of likely N-dealkylation sites (tertiary alicyclic amines) is 1. The van der Waals surface area contributed by atoms with Crippen LogP contribution in [0.1, 0.15) is 54.9 Å². The number of carbonyl (C=O) groups is 1. The van der Waals surface area contributed by atoms with Crippen LogP contribution in [0.15, 0.2) is 36.4 Å². The third kappa shape index (κ3) is 4.03. The van der Waals surface area contributed by atoms with Crippen molar-refractivity contribution in [3.05, 3.63) is 47.5 Å². The van der Waals surface area contributed by atoms with E-state index in [1.807, 2.05) is 17.0 Å². The Hall–Kier alpha value is -1.61. The van der Waals surface area contributed by atoms with E-state index >= 15 is 0 Å². The highest BCUT2D eigenvalue weighted by molar-refractivity contribution is 5.95. The Kier molecular flexibility index (Phi) is 5.50. The van der Waals surface area contributed by atoms with E-state index in [1.54, 1.807) is 0 Å². The summed E-state index contributed by atoms with van der Waals surface area (Å²) in [6.45, 7) is 6.30. The molecule has 1 saturated heterocycles. The fraction of sp³-hybridized carbons (Fsp3) is 0.550. The van der Waals surface area contributed by atoms with Crippen LogP contribution in [-0.2, 0) is 6.54 Å². The van der Waals surface area contributed by atoms with E-state index in [-0.39, 0.29) is 11.9 Å². The molecule has 0 aromatic heterocycles. The van der Waals surface area contributed by atoms with Gasteiger partial charge in [0.15, 0.2) is 0 Å². The second-order valence-corrected chi connectivity index (χ2v) is 6.75. The highest BCUT2D eigenvalue weighted by Gasteiger charge is 2.24. The van der Waals surface area contributed by atoms with Gasteiger partial charge in [-0.1, -0.05) is 44.1 Å². The summed E-state index contributed by atoms with van der Waals surface area (Å²) in [5.74, 6) is 0.156. The van der Waals surface area contributed by atoms with Gasteiger partial charge in [-0.15, -0.1) is 0 Å². The van der Waals surface area contributed by atoms with Crippen LogP contribution >= 0.6 is 0 Å². The lowest BCUT2D eigenvalue weighted by Crippen LogP contribution is -2.35. The first-order chi connectivity index (χ1) is 11.3. The van der Waals surface area contributed by atoms with Gasteiger partial charge in [-0.3, -0.25) is 9.69 Å². The number of hydrogen-bond donors (Lipinski definition) is 0. The highest BCUT2D eigenvalue weighted by Crippen LogP contribution is 2.18. The predicted molar refractivity (Wildman–Crippen MR) is 94.4 cm³/mol. The quantitative estimate of drug-likeness (QED) is 0.788. The molecule has 0 saturated carbocycles. The van der Waals surface area contributed by atoms with Crippen LogP contribution in [0.2, 0.25) is 0 Å². The van der Waals surface area contributed by atoms with Gasteiger partial charge in [-0.05, 0) is 50.0 Å². The van der Waals surface area contributed by atoms with Crippen LogP contribution in [0.5, 0.6) is 0 Å². The molecule has 1 atom stereocenters. The third-order valence-electron chi connectivity index (χ3n) is 5.05. The molecule has 0 unspecified atom stereocenters. The Morgan fingerprint density at radius 1 is 1.09 bits per heavy atom. The summed E-state index contributed by atoms with van der Waals surface area (Å²) in [5, 5.41) is 0. The molecule has 124 valence electrons. The molecule has 1 aromatic carbocycles. The molecule has 0 bridgehead atoms. The van der Waals surface area contributed by atoms with Crippen LogP contribution in [0.4, 0.5) is 0 Å². The summed E-state index contributed by atoms with van der Waals surface area (Å²) in [5.41, 5.74) is 2.13. The lowest BCUT2D eigenvalue weighted by molar-refractivity contribution is 0.0747. The normalized spacial score (nSPS) is 22.3. The number of rotatable bonds is 4. The smallest absolute Gasteiger partial charge is 0.254 e. The fourth-order valence-electron chi connectivity index (χ4n) is 3.63. The van der Waals surface area contributed by atoms with E-state index in [9.17, 15) is 4.79 Å². The second kappa shape index (κ2) is 7.78. The van der Waals surface area contributed by atoms with Crippen LogP contribution < -0.4 is 0 Å². The Morgan fingerprint density at radius 2 is 1.78 bits per heavy atom. The molecule has 0 spiro atoms. The zero-order chi connectivity index (χ0) is 16.1. The molecule has 3 heteroatoms. The predicted octanol–water partition coefficient (Wildman–Crippen LogP) is 3.85. The first kappa shape index (κ1) is 16.3. The van der Waals surface area contributed by atoms with Crippen LogP contribution in [0, 0.1) is 0 Å². The topological polar surface area (TPSA) is 23.6 Å². The molecule has 23 heavy (non-hydrogen) atoms. The lowest BCUT2D eigenvalue weighted by atomic mass is 10.1. The lowest BCUT2D eigenvalue weighted by Gasteiger charge is -2.24.